The van der Waals surface area contributed by atoms with Crippen molar-refractivity contribution in [2.75, 3.05) is 9.80 Å². The maximum atomic E-state index is 14.6. The predicted molar refractivity (Wildman–Crippen MR) is 281 cm³/mol. The van der Waals surface area contributed by atoms with Gasteiger partial charge in [0.25, 0.3) is 0 Å². The summed E-state index contributed by atoms with van der Waals surface area (Å²) in [6, 6.07) is 59.2. The smallest absolute Gasteiger partial charge is 0.125 e. The van der Waals surface area contributed by atoms with Crippen LogP contribution in [0, 0.1) is 17.7 Å². The molecule has 0 bridgehead atoms. The van der Waals surface area contributed by atoms with Gasteiger partial charge in [0.05, 0.1) is 34.0 Å². The first-order valence-corrected chi connectivity index (χ1v) is 23.7. The predicted octanol–water partition coefficient (Wildman–Crippen LogP) is 14.4. The van der Waals surface area contributed by atoms with E-state index in [1.807, 2.05) is 25.1 Å². The number of alkyl halides is 1. The van der Waals surface area contributed by atoms with Gasteiger partial charge in [-0.05, 0) is 121 Å². The maximum absolute atomic E-state index is 14.6. The van der Waals surface area contributed by atoms with E-state index < -0.39 is 6.17 Å². The van der Waals surface area contributed by atoms with Crippen LogP contribution in [0.3, 0.4) is 0 Å². The summed E-state index contributed by atoms with van der Waals surface area (Å²) < 4.78 is 33.2. The van der Waals surface area contributed by atoms with Crippen LogP contribution < -0.4 is 20.4 Å². The van der Waals surface area contributed by atoms with E-state index in [-0.39, 0.29) is 29.7 Å². The van der Waals surface area contributed by atoms with Crippen molar-refractivity contribution in [3.63, 3.8) is 0 Å². The molecule has 6 heteroatoms. The first kappa shape index (κ1) is 41.5. The molecule has 0 N–H and O–H groups in total. The molecule has 9 aromatic rings. The molecule has 68 heavy (non-hydrogen) atoms. The van der Waals surface area contributed by atoms with E-state index in [1.54, 1.807) is 6.08 Å². The lowest BCUT2D eigenvalue weighted by molar-refractivity contribution is 0.334. The lowest BCUT2D eigenvalue weighted by Gasteiger charge is -2.41. The van der Waals surface area contributed by atoms with Gasteiger partial charge < -0.3 is 18.9 Å². The third-order valence-corrected chi connectivity index (χ3v) is 14.2. The van der Waals surface area contributed by atoms with Crippen LogP contribution in [0.4, 0.5) is 31.5 Å². The highest BCUT2D eigenvalue weighted by molar-refractivity contribution is 6.10. The molecule has 332 valence electrons. The number of halogens is 2. The van der Waals surface area contributed by atoms with Gasteiger partial charge in [-0.3, -0.25) is 0 Å². The molecule has 2 aromatic heterocycles. The number of allylic oxidation sites excluding steroid dienone is 6. The number of anilines is 4. The van der Waals surface area contributed by atoms with Crippen molar-refractivity contribution in [1.29, 1.82) is 0 Å². The fourth-order valence-corrected chi connectivity index (χ4v) is 10.8. The van der Waals surface area contributed by atoms with Crippen LogP contribution in [0.2, 0.25) is 0 Å². The number of nitrogens with zero attached hydrogens (tertiary/aromatic N) is 4. The minimum Gasteiger partial charge on any atom is -0.358 e. The topological polar surface area (TPSA) is 16.3 Å². The third-order valence-electron chi connectivity index (χ3n) is 14.2. The molecule has 0 aliphatic heterocycles. The van der Waals surface area contributed by atoms with Gasteiger partial charge in [0.15, 0.2) is 0 Å². The molecule has 5 atom stereocenters. The van der Waals surface area contributed by atoms with E-state index in [0.29, 0.717) is 0 Å². The van der Waals surface area contributed by atoms with Crippen LogP contribution in [0.25, 0.3) is 67.4 Å². The van der Waals surface area contributed by atoms with E-state index >= 15 is 0 Å². The first-order valence-electron chi connectivity index (χ1n) is 23.7. The second-order valence-corrected chi connectivity index (χ2v) is 18.4. The van der Waals surface area contributed by atoms with Crippen molar-refractivity contribution in [2.24, 2.45) is 11.8 Å². The van der Waals surface area contributed by atoms with E-state index in [4.69, 9.17) is 0 Å². The molecule has 12 rings (SSSR count). The summed E-state index contributed by atoms with van der Waals surface area (Å²) in [7, 11) is 0. The quantitative estimate of drug-likeness (QED) is 0.144. The second kappa shape index (κ2) is 17.0. The lowest BCUT2D eigenvalue weighted by atomic mass is 9.91. The van der Waals surface area contributed by atoms with Crippen LogP contribution >= 0.6 is 0 Å². The molecule has 0 radical (unpaired) electrons. The Hall–Kier alpha value is -7.96. The van der Waals surface area contributed by atoms with Crippen molar-refractivity contribution in [3.8, 4) is 16.8 Å². The number of aromatic nitrogens is 2. The summed E-state index contributed by atoms with van der Waals surface area (Å²) in [5.41, 5.74) is 11.9. The molecule has 0 fully saturated rings. The minimum absolute atomic E-state index is 0.0979. The zero-order chi connectivity index (χ0) is 45.9. The monoisotopic (exact) mass is 888 g/mol. The van der Waals surface area contributed by atoms with Gasteiger partial charge in [-0.2, -0.15) is 0 Å². The molecule has 7 aromatic carbocycles. The molecule has 0 spiro atoms. The van der Waals surface area contributed by atoms with Crippen molar-refractivity contribution in [1.82, 2.24) is 9.13 Å². The second-order valence-electron chi connectivity index (χ2n) is 18.4. The van der Waals surface area contributed by atoms with Gasteiger partial charge in [-0.15, -0.1) is 0 Å². The summed E-state index contributed by atoms with van der Waals surface area (Å²) in [6.45, 7) is 4.28. The molecule has 0 saturated heterocycles. The van der Waals surface area contributed by atoms with Gasteiger partial charge in [0.2, 0.25) is 0 Å². The SMILES string of the molecule is CC1C=C(n2c3c(c4ccccc42)=CC(N(c2ccc(-c4ccc(N(c5ccccc5)c5ccc6c(c5)c5ccccc5n6-c5ccc(F)cc5)cc4)cc2)C2C=CC=CC2)C(C)C=3)C=CC1F. The summed E-state index contributed by atoms with van der Waals surface area (Å²) >= 11 is 0. The molecule has 3 aliphatic rings. The molecule has 0 amide bonds. The Morgan fingerprint density at radius 1 is 0.529 bits per heavy atom. The molecular formula is C62H50F2N4. The summed E-state index contributed by atoms with van der Waals surface area (Å²) in [4.78, 5) is 4.91. The average Bonchev–Trinajstić information content (AvgIpc) is 3.88. The fourth-order valence-electron chi connectivity index (χ4n) is 10.8. The maximum Gasteiger partial charge on any atom is 0.125 e. The number of para-hydroxylation sites is 3. The Morgan fingerprint density at radius 3 is 1.87 bits per heavy atom. The van der Waals surface area contributed by atoms with Gasteiger partial charge in [0, 0.05) is 67.3 Å². The fraction of sp³-hybridized carbons (Fsp3) is 0.129. The van der Waals surface area contributed by atoms with Crippen molar-refractivity contribution in [3.05, 3.63) is 229 Å². The Balaban J connectivity index is 0.889. The molecule has 4 nitrogen and oxygen atoms in total. The van der Waals surface area contributed by atoms with Gasteiger partial charge >= 0.3 is 0 Å². The van der Waals surface area contributed by atoms with Gasteiger partial charge in [-0.1, -0.05) is 135 Å². The largest absolute Gasteiger partial charge is 0.358 e. The summed E-state index contributed by atoms with van der Waals surface area (Å²) in [6.07, 6.45) is 19.5. The standard InChI is InChI=1S/C62H50F2N4/c1-41-37-51(33-35-57(41)64)68-59-20-12-10-18-54(59)56-40-61(42(2)38-62(56)68)66(47-15-7-4-8-16-47)49-29-23-44(24-30-49)43-21-27-48(28-22-43)65(46-13-5-3-6-14-46)52-34-36-60-55(39-52)53-17-9-11-19-58(53)67(60)50-31-25-45(63)26-32-50/h3-15,17-42,47,57,61H,16H2,1-2H3. The number of hydrogen-bond donors (Lipinski definition) is 0. The Labute approximate surface area is 395 Å². The minimum atomic E-state index is -0.970. The van der Waals surface area contributed by atoms with E-state index in [0.717, 1.165) is 73.3 Å². The Morgan fingerprint density at radius 2 is 1.16 bits per heavy atom. The Bertz CT molecular complexity index is 3610. The summed E-state index contributed by atoms with van der Waals surface area (Å²) in [5, 5.41) is 5.87. The van der Waals surface area contributed by atoms with Gasteiger partial charge in [0.1, 0.15) is 12.0 Å². The van der Waals surface area contributed by atoms with Crippen molar-refractivity contribution < 1.29 is 8.78 Å². The third kappa shape index (κ3) is 7.19. The lowest BCUT2D eigenvalue weighted by Crippen LogP contribution is -2.49. The molecular weight excluding hydrogens is 839 g/mol. The average molecular weight is 889 g/mol. The van der Waals surface area contributed by atoms with E-state index in [1.165, 1.54) is 33.8 Å². The number of benzene rings is 7. The molecule has 2 heterocycles. The highest BCUT2D eigenvalue weighted by atomic mass is 19.1. The van der Waals surface area contributed by atoms with Crippen LogP contribution in [-0.2, 0) is 0 Å². The first-order chi connectivity index (χ1) is 33.4. The van der Waals surface area contributed by atoms with Crippen molar-refractivity contribution >= 4 is 73.3 Å². The van der Waals surface area contributed by atoms with E-state index in [2.05, 4.69) is 214 Å². The number of fused-ring (bicyclic) bond motifs is 6. The Kier molecular flexibility index (Phi) is 10.4. The molecule has 0 saturated carbocycles. The molecule has 3 aliphatic carbocycles. The normalized spacial score (nSPS) is 19.7. The summed E-state index contributed by atoms with van der Waals surface area (Å²) in [5.74, 6) is -0.243. The van der Waals surface area contributed by atoms with Crippen LogP contribution in [0.1, 0.15) is 20.3 Å². The van der Waals surface area contributed by atoms with Crippen LogP contribution in [-0.4, -0.2) is 27.4 Å². The highest BCUT2D eigenvalue weighted by Gasteiger charge is 2.31. The van der Waals surface area contributed by atoms with Crippen molar-refractivity contribution in [2.45, 2.75) is 38.5 Å². The van der Waals surface area contributed by atoms with Crippen LogP contribution in [0.5, 0.6) is 0 Å². The highest BCUT2D eigenvalue weighted by Crippen LogP contribution is 2.41. The van der Waals surface area contributed by atoms with Gasteiger partial charge in [-0.25, -0.2) is 8.78 Å². The number of rotatable bonds is 9. The zero-order valence-corrected chi connectivity index (χ0v) is 38.0. The van der Waals surface area contributed by atoms with Crippen LogP contribution in [0.15, 0.2) is 212 Å². The number of hydrogen-bond acceptors (Lipinski definition) is 2. The van der Waals surface area contributed by atoms with E-state index in [9.17, 15) is 8.78 Å². The molecule has 5 unspecified atom stereocenters. The zero-order valence-electron chi connectivity index (χ0n) is 38.0.